The molecule has 0 spiro atoms. The van der Waals surface area contributed by atoms with Crippen LogP contribution in [0.15, 0.2) is 18.2 Å². The highest BCUT2D eigenvalue weighted by molar-refractivity contribution is 7.32. The van der Waals surface area contributed by atoms with Gasteiger partial charge in [-0.15, -0.1) is 9.42 Å². The van der Waals surface area contributed by atoms with E-state index in [2.05, 4.69) is 32.2 Å². The SMILES string of the molecule is CCC(C)c1cc(C(C)=CC(=O)C(C)O[P+](=O)O)cc(C(C)CC)c1O. The van der Waals surface area contributed by atoms with E-state index in [1.165, 1.54) is 13.0 Å². The largest absolute Gasteiger partial charge is 0.695 e. The van der Waals surface area contributed by atoms with E-state index < -0.39 is 14.4 Å². The number of carbonyl (C=O) groups excluding carboxylic acids is 1. The fourth-order valence-electron chi connectivity index (χ4n) is 2.70. The molecule has 0 fully saturated rings. The average molecular weight is 381 g/mol. The van der Waals surface area contributed by atoms with Gasteiger partial charge in [0.05, 0.1) is 0 Å². The quantitative estimate of drug-likeness (QED) is 0.439. The summed E-state index contributed by atoms with van der Waals surface area (Å²) in [5.41, 5.74) is 3.35. The molecule has 0 radical (unpaired) electrons. The van der Waals surface area contributed by atoms with Gasteiger partial charge in [0.2, 0.25) is 0 Å². The highest BCUT2D eigenvalue weighted by Crippen LogP contribution is 2.38. The Balaban J connectivity index is 3.35. The van der Waals surface area contributed by atoms with Gasteiger partial charge >= 0.3 is 8.25 Å². The Hall–Kier alpha value is -1.55. The minimum absolute atomic E-state index is 0.196. The van der Waals surface area contributed by atoms with Crippen LogP contribution in [-0.2, 0) is 13.9 Å². The van der Waals surface area contributed by atoms with Crippen LogP contribution in [0.4, 0.5) is 0 Å². The van der Waals surface area contributed by atoms with Gasteiger partial charge in [0.15, 0.2) is 11.9 Å². The molecule has 0 aliphatic rings. The summed E-state index contributed by atoms with van der Waals surface area (Å²) in [6.07, 6.45) is 2.23. The smallest absolute Gasteiger partial charge is 0.507 e. The van der Waals surface area contributed by atoms with E-state index in [0.717, 1.165) is 35.1 Å². The van der Waals surface area contributed by atoms with Crippen molar-refractivity contribution in [2.75, 3.05) is 0 Å². The van der Waals surface area contributed by atoms with Crippen molar-refractivity contribution in [1.29, 1.82) is 0 Å². The Morgan fingerprint density at radius 3 is 2.00 bits per heavy atom. The number of phenols is 1. The molecule has 4 atom stereocenters. The van der Waals surface area contributed by atoms with Gasteiger partial charge in [0.25, 0.3) is 0 Å². The lowest BCUT2D eigenvalue weighted by atomic mass is 9.86. The maximum Gasteiger partial charge on any atom is 0.695 e. The molecule has 0 amide bonds. The lowest BCUT2D eigenvalue weighted by Gasteiger charge is -2.20. The molecule has 0 aliphatic heterocycles. The van der Waals surface area contributed by atoms with Gasteiger partial charge in [0, 0.05) is 4.57 Å². The van der Waals surface area contributed by atoms with Crippen LogP contribution in [0.1, 0.15) is 82.9 Å². The molecule has 0 saturated heterocycles. The van der Waals surface area contributed by atoms with Crippen LogP contribution >= 0.6 is 8.25 Å². The third-order valence-electron chi connectivity index (χ3n) is 4.92. The number of hydrogen-bond donors (Lipinski definition) is 2. The van der Waals surface area contributed by atoms with Crippen LogP contribution in [0.2, 0.25) is 0 Å². The predicted octanol–water partition coefficient (Wildman–Crippen LogP) is 5.45. The van der Waals surface area contributed by atoms with Crippen LogP contribution in [-0.4, -0.2) is 21.9 Å². The Morgan fingerprint density at radius 2 is 1.62 bits per heavy atom. The van der Waals surface area contributed by atoms with Crippen molar-refractivity contribution < 1.29 is 23.9 Å². The Bertz CT molecular complexity index is 664. The second kappa shape index (κ2) is 9.96. The number of ketones is 1. The number of carbonyl (C=O) groups is 1. The predicted molar refractivity (Wildman–Crippen MR) is 105 cm³/mol. The highest BCUT2D eigenvalue weighted by atomic mass is 31.1. The molecule has 144 valence electrons. The Labute approximate surface area is 157 Å². The lowest BCUT2D eigenvalue weighted by Crippen LogP contribution is -2.15. The Morgan fingerprint density at radius 1 is 1.15 bits per heavy atom. The summed E-state index contributed by atoms with van der Waals surface area (Å²) in [6, 6.07) is 3.85. The molecule has 1 aromatic rings. The Kier molecular flexibility index (Phi) is 8.61. The molecule has 0 aromatic heterocycles. The molecule has 1 aromatic carbocycles. The van der Waals surface area contributed by atoms with Gasteiger partial charge in [-0.3, -0.25) is 4.79 Å². The van der Waals surface area contributed by atoms with E-state index in [1.807, 2.05) is 19.1 Å². The van der Waals surface area contributed by atoms with Gasteiger partial charge in [-0.1, -0.05) is 27.7 Å². The number of rotatable bonds is 9. The molecule has 0 saturated carbocycles. The standard InChI is InChI=1S/C20H29O5P/c1-7-12(3)17-10-16(11-18(20(17)22)13(4)8-2)14(5)9-19(21)15(6)25-26(23)24/h9-13,15H,7-8H2,1-6H3,(H-,21,22,23,24)/p+1. The monoisotopic (exact) mass is 381 g/mol. The molecule has 0 aliphatic carbocycles. The van der Waals surface area contributed by atoms with E-state index in [0.29, 0.717) is 5.75 Å². The zero-order chi connectivity index (χ0) is 20.0. The maximum absolute atomic E-state index is 12.2. The highest BCUT2D eigenvalue weighted by Gasteiger charge is 2.24. The molecular formula is C20H30O5P+. The summed E-state index contributed by atoms with van der Waals surface area (Å²) in [6.45, 7) is 11.5. The fourth-order valence-corrected chi connectivity index (χ4v) is 3.07. The van der Waals surface area contributed by atoms with Crippen LogP contribution < -0.4 is 0 Å². The molecule has 5 nitrogen and oxygen atoms in total. The van der Waals surface area contributed by atoms with E-state index in [9.17, 15) is 14.5 Å². The molecule has 0 bridgehead atoms. The minimum atomic E-state index is -2.82. The molecular weight excluding hydrogens is 351 g/mol. The van der Waals surface area contributed by atoms with Crippen molar-refractivity contribution in [3.63, 3.8) is 0 Å². The van der Waals surface area contributed by atoms with E-state index >= 15 is 0 Å². The second-order valence-corrected chi connectivity index (χ2v) is 7.52. The van der Waals surface area contributed by atoms with E-state index in [1.54, 1.807) is 0 Å². The third kappa shape index (κ3) is 5.73. The number of benzene rings is 1. The van der Waals surface area contributed by atoms with Crippen LogP contribution in [0.3, 0.4) is 0 Å². The summed E-state index contributed by atoms with van der Waals surface area (Å²) in [7, 11) is -2.82. The summed E-state index contributed by atoms with van der Waals surface area (Å²) in [4.78, 5) is 21.0. The van der Waals surface area contributed by atoms with Crippen molar-refractivity contribution >= 4 is 19.6 Å². The lowest BCUT2D eigenvalue weighted by molar-refractivity contribution is -0.120. The zero-order valence-electron chi connectivity index (χ0n) is 16.4. The molecule has 2 N–H and O–H groups in total. The number of hydrogen-bond acceptors (Lipinski definition) is 4. The normalized spacial score (nSPS) is 16.1. The minimum Gasteiger partial charge on any atom is -0.507 e. The average Bonchev–Trinajstić information content (AvgIpc) is 2.59. The summed E-state index contributed by atoms with van der Waals surface area (Å²) < 4.78 is 15.4. The fraction of sp³-hybridized carbons (Fsp3) is 0.550. The first-order chi connectivity index (χ1) is 12.1. The number of allylic oxidation sites excluding steroid dienone is 1. The van der Waals surface area contributed by atoms with Gasteiger partial charge in [-0.05, 0) is 79.0 Å². The van der Waals surface area contributed by atoms with Gasteiger partial charge in [0.1, 0.15) is 5.75 Å². The summed E-state index contributed by atoms with van der Waals surface area (Å²) in [5, 5.41) is 10.7. The molecule has 1 rings (SSSR count). The van der Waals surface area contributed by atoms with Crippen molar-refractivity contribution in [2.24, 2.45) is 0 Å². The van der Waals surface area contributed by atoms with Crippen molar-refractivity contribution in [1.82, 2.24) is 0 Å². The maximum atomic E-state index is 12.2. The topological polar surface area (TPSA) is 83.8 Å². The molecule has 26 heavy (non-hydrogen) atoms. The van der Waals surface area contributed by atoms with Crippen molar-refractivity contribution in [3.8, 4) is 5.75 Å². The van der Waals surface area contributed by atoms with Gasteiger partial charge in [-0.25, -0.2) is 0 Å². The molecule has 4 unspecified atom stereocenters. The zero-order valence-corrected chi connectivity index (χ0v) is 17.3. The van der Waals surface area contributed by atoms with Gasteiger partial charge in [-0.2, -0.15) is 0 Å². The first-order valence-electron chi connectivity index (χ1n) is 9.04. The van der Waals surface area contributed by atoms with Crippen LogP contribution in [0, 0.1) is 0 Å². The molecule has 6 heteroatoms. The van der Waals surface area contributed by atoms with E-state index in [4.69, 9.17) is 4.89 Å². The van der Waals surface area contributed by atoms with Crippen molar-refractivity contribution in [2.45, 2.75) is 72.3 Å². The van der Waals surface area contributed by atoms with Crippen LogP contribution in [0.25, 0.3) is 5.57 Å². The summed E-state index contributed by atoms with van der Waals surface area (Å²) in [5.74, 6) is 0.359. The van der Waals surface area contributed by atoms with Crippen molar-refractivity contribution in [3.05, 3.63) is 34.9 Å². The number of aromatic hydroxyl groups is 1. The summed E-state index contributed by atoms with van der Waals surface area (Å²) >= 11 is 0. The first kappa shape index (κ1) is 22.5. The van der Waals surface area contributed by atoms with Gasteiger partial charge < -0.3 is 5.11 Å². The first-order valence-corrected chi connectivity index (χ1v) is 10.2. The molecule has 0 heterocycles. The van der Waals surface area contributed by atoms with Crippen LogP contribution in [0.5, 0.6) is 5.75 Å². The second-order valence-electron chi connectivity index (χ2n) is 6.84. The number of phenolic OH excluding ortho intramolecular Hbond substituents is 1. The van der Waals surface area contributed by atoms with E-state index in [-0.39, 0.29) is 17.6 Å². The third-order valence-corrected chi connectivity index (χ3v) is 5.42.